The Morgan fingerprint density at radius 1 is 1.64 bits per heavy atom. The van der Waals surface area contributed by atoms with Gasteiger partial charge in [0.05, 0.1) is 5.33 Å². The molecule has 11 heavy (non-hydrogen) atoms. The van der Waals surface area contributed by atoms with Crippen LogP contribution in [0.2, 0.25) is 0 Å². The van der Waals surface area contributed by atoms with Gasteiger partial charge in [-0.25, -0.2) is 9.97 Å². The van der Waals surface area contributed by atoms with E-state index >= 15 is 0 Å². The molecule has 0 saturated carbocycles. The second-order valence-electron chi connectivity index (χ2n) is 1.65. The van der Waals surface area contributed by atoms with E-state index in [0.717, 1.165) is 0 Å². The van der Waals surface area contributed by atoms with Crippen LogP contribution >= 0.6 is 32.9 Å². The van der Waals surface area contributed by atoms with Gasteiger partial charge in [-0.05, 0) is 6.07 Å². The molecule has 0 aliphatic carbocycles. The number of Topliss-reactive ketones (excluding diaryl/α,β-unsaturated/α-hetero) is 1. The van der Waals surface area contributed by atoms with Gasteiger partial charge in [-0.15, -0.1) is 17.0 Å². The van der Waals surface area contributed by atoms with Gasteiger partial charge in [-0.2, -0.15) is 0 Å². The Kier molecular flexibility index (Phi) is 5.23. The van der Waals surface area contributed by atoms with Gasteiger partial charge in [0.15, 0.2) is 5.78 Å². The van der Waals surface area contributed by atoms with E-state index in [4.69, 9.17) is 0 Å². The van der Waals surface area contributed by atoms with Crippen molar-refractivity contribution < 1.29 is 4.79 Å². The van der Waals surface area contributed by atoms with Gasteiger partial charge in [0.2, 0.25) is 0 Å². The molecular weight excluding hydrogens is 276 g/mol. The molecule has 0 unspecified atom stereocenters. The van der Waals surface area contributed by atoms with Gasteiger partial charge in [0.1, 0.15) is 12.0 Å². The number of rotatable bonds is 2. The topological polar surface area (TPSA) is 42.9 Å². The average Bonchev–Trinajstić information content (AvgIpc) is 2.05. The van der Waals surface area contributed by atoms with Crippen LogP contribution < -0.4 is 0 Å². The summed E-state index contributed by atoms with van der Waals surface area (Å²) in [5.74, 6) is -0.0256. The lowest BCUT2D eigenvalue weighted by atomic mass is 10.3. The second-order valence-corrected chi connectivity index (χ2v) is 2.21. The smallest absolute Gasteiger partial charge is 0.191 e. The van der Waals surface area contributed by atoms with Gasteiger partial charge in [0, 0.05) is 6.20 Å². The number of hydrogen-bond acceptors (Lipinski definition) is 3. The first-order valence-corrected chi connectivity index (χ1v) is 3.82. The monoisotopic (exact) mass is 280 g/mol. The maximum Gasteiger partial charge on any atom is 0.191 e. The van der Waals surface area contributed by atoms with Crippen LogP contribution in [0.1, 0.15) is 10.5 Å². The van der Waals surface area contributed by atoms with E-state index < -0.39 is 0 Å². The first-order chi connectivity index (χ1) is 4.84. The molecule has 0 atom stereocenters. The van der Waals surface area contributed by atoms with Crippen molar-refractivity contribution >= 4 is 38.7 Å². The number of halogens is 2. The largest absolute Gasteiger partial charge is 0.291 e. The molecule has 0 amide bonds. The third-order valence-corrected chi connectivity index (χ3v) is 1.50. The van der Waals surface area contributed by atoms with E-state index in [-0.39, 0.29) is 22.8 Å². The maximum atomic E-state index is 10.9. The molecule has 1 rings (SSSR count). The van der Waals surface area contributed by atoms with E-state index in [1.165, 1.54) is 6.33 Å². The van der Waals surface area contributed by atoms with Gasteiger partial charge in [-0.1, -0.05) is 15.9 Å². The zero-order chi connectivity index (χ0) is 7.40. The molecule has 0 aliphatic rings. The molecule has 1 heterocycles. The van der Waals surface area contributed by atoms with Crippen LogP contribution in [0, 0.1) is 0 Å². The van der Waals surface area contributed by atoms with Crippen molar-refractivity contribution in [2.45, 2.75) is 0 Å². The lowest BCUT2D eigenvalue weighted by Gasteiger charge is -1.91. The summed E-state index contributed by atoms with van der Waals surface area (Å²) in [6.45, 7) is 0. The van der Waals surface area contributed by atoms with Crippen molar-refractivity contribution in [2.75, 3.05) is 5.33 Å². The molecule has 60 valence electrons. The zero-order valence-electron chi connectivity index (χ0n) is 5.53. The van der Waals surface area contributed by atoms with E-state index in [0.29, 0.717) is 11.0 Å². The fourth-order valence-electron chi connectivity index (χ4n) is 0.524. The third kappa shape index (κ3) is 3.07. The molecule has 0 aromatic carbocycles. The minimum Gasteiger partial charge on any atom is -0.291 e. The Balaban J connectivity index is 0.000001000. The van der Waals surface area contributed by atoms with Crippen LogP contribution in [-0.4, -0.2) is 21.1 Å². The van der Waals surface area contributed by atoms with Crippen molar-refractivity contribution in [1.82, 2.24) is 9.97 Å². The highest BCUT2D eigenvalue weighted by atomic mass is 79.9. The zero-order valence-corrected chi connectivity index (χ0v) is 8.83. The Morgan fingerprint density at radius 3 is 2.82 bits per heavy atom. The highest BCUT2D eigenvalue weighted by Gasteiger charge is 2.02. The Labute approximate surface area is 83.1 Å². The third-order valence-electron chi connectivity index (χ3n) is 0.989. The molecule has 0 fully saturated rings. The lowest BCUT2D eigenvalue weighted by Crippen LogP contribution is -2.02. The molecule has 1 aromatic heterocycles. The second kappa shape index (κ2) is 5.37. The van der Waals surface area contributed by atoms with Gasteiger partial charge >= 0.3 is 0 Å². The van der Waals surface area contributed by atoms with Crippen LogP contribution in [0.3, 0.4) is 0 Å². The summed E-state index contributed by atoms with van der Waals surface area (Å²) in [6, 6.07) is 1.59. The standard InChI is InChI=1S/C6H5BrN2O.BrH/c7-3-6(10)5-1-2-8-4-9-5;/h1-2,4H,3H2;1H. The van der Waals surface area contributed by atoms with E-state index in [2.05, 4.69) is 25.9 Å². The summed E-state index contributed by atoms with van der Waals surface area (Å²) in [6.07, 6.45) is 2.90. The maximum absolute atomic E-state index is 10.9. The number of alkyl halides is 1. The van der Waals surface area contributed by atoms with Crippen molar-refractivity contribution in [3.05, 3.63) is 24.3 Å². The molecule has 0 radical (unpaired) electrons. The van der Waals surface area contributed by atoms with Crippen LogP contribution in [0.5, 0.6) is 0 Å². The van der Waals surface area contributed by atoms with E-state index in [1.807, 2.05) is 0 Å². The molecule has 5 heteroatoms. The number of aromatic nitrogens is 2. The number of carbonyl (C=O) groups excluding carboxylic acids is 1. The summed E-state index contributed by atoms with van der Waals surface area (Å²) in [7, 11) is 0. The Hall–Kier alpha value is -0.290. The number of nitrogens with zero attached hydrogens (tertiary/aromatic N) is 2. The van der Waals surface area contributed by atoms with Crippen LogP contribution in [0.4, 0.5) is 0 Å². The number of carbonyl (C=O) groups is 1. The van der Waals surface area contributed by atoms with Gasteiger partial charge in [0.25, 0.3) is 0 Å². The van der Waals surface area contributed by atoms with Crippen LogP contribution in [0.25, 0.3) is 0 Å². The fourth-order valence-corrected chi connectivity index (χ4v) is 0.811. The quantitative estimate of drug-likeness (QED) is 0.611. The summed E-state index contributed by atoms with van der Waals surface area (Å²) in [5.41, 5.74) is 0.451. The number of ketones is 1. The van der Waals surface area contributed by atoms with Gasteiger partial charge < -0.3 is 0 Å². The molecule has 0 N–H and O–H groups in total. The highest BCUT2D eigenvalue weighted by molar-refractivity contribution is 9.09. The molecule has 1 aromatic rings. The normalized spacial score (nSPS) is 8.45. The van der Waals surface area contributed by atoms with Crippen molar-refractivity contribution in [1.29, 1.82) is 0 Å². The average molecular weight is 282 g/mol. The summed E-state index contributed by atoms with van der Waals surface area (Å²) >= 11 is 3.04. The predicted molar refractivity (Wildman–Crippen MR) is 50.5 cm³/mol. The lowest BCUT2D eigenvalue weighted by molar-refractivity contribution is 0.101. The van der Waals surface area contributed by atoms with E-state index in [9.17, 15) is 4.79 Å². The van der Waals surface area contributed by atoms with Crippen LogP contribution in [-0.2, 0) is 0 Å². The molecule has 3 nitrogen and oxygen atoms in total. The van der Waals surface area contributed by atoms with Crippen molar-refractivity contribution in [2.24, 2.45) is 0 Å². The molecular formula is C6H6Br2N2O. The van der Waals surface area contributed by atoms with Crippen LogP contribution in [0.15, 0.2) is 18.6 Å². The van der Waals surface area contributed by atoms with Gasteiger partial charge in [-0.3, -0.25) is 4.79 Å². The highest BCUT2D eigenvalue weighted by Crippen LogP contribution is 1.95. The Morgan fingerprint density at radius 2 is 2.36 bits per heavy atom. The SMILES string of the molecule is Br.O=C(CBr)c1ccncn1. The first-order valence-electron chi connectivity index (χ1n) is 2.70. The minimum atomic E-state index is -0.0256. The summed E-state index contributed by atoms with van der Waals surface area (Å²) in [4.78, 5) is 18.3. The van der Waals surface area contributed by atoms with Crippen molar-refractivity contribution in [3.63, 3.8) is 0 Å². The summed E-state index contributed by atoms with van der Waals surface area (Å²) in [5, 5.41) is 0.310. The molecule has 0 spiro atoms. The number of hydrogen-bond donors (Lipinski definition) is 0. The van der Waals surface area contributed by atoms with Crippen molar-refractivity contribution in [3.8, 4) is 0 Å². The fraction of sp³-hybridized carbons (Fsp3) is 0.167. The first kappa shape index (κ1) is 10.7. The molecule has 0 aliphatic heterocycles. The molecule has 0 bridgehead atoms. The summed E-state index contributed by atoms with van der Waals surface area (Å²) < 4.78 is 0. The Bertz CT molecular complexity index is 227. The minimum absolute atomic E-state index is 0. The molecule has 0 saturated heterocycles. The predicted octanol–water partition coefficient (Wildman–Crippen LogP) is 1.63. The van der Waals surface area contributed by atoms with E-state index in [1.54, 1.807) is 12.3 Å².